The van der Waals surface area contributed by atoms with Gasteiger partial charge in [-0.2, -0.15) is 0 Å². The van der Waals surface area contributed by atoms with Crippen LogP contribution in [-0.4, -0.2) is 31.4 Å². The maximum absolute atomic E-state index is 7.16. The lowest BCUT2D eigenvalue weighted by molar-refractivity contribution is 0.179. The Bertz CT molecular complexity index is 1010. The summed E-state index contributed by atoms with van der Waals surface area (Å²) in [6.07, 6.45) is 2.75. The predicted octanol–water partition coefficient (Wildman–Crippen LogP) is 8.97. The normalized spacial score (nSPS) is 13.7. The topological polar surface area (TPSA) is 39.9 Å². The zero-order valence-corrected chi connectivity index (χ0v) is 27.1. The molecule has 200 valence electrons. The summed E-state index contributed by atoms with van der Waals surface area (Å²) in [5.41, 5.74) is 12.5. The molecule has 1 atom stereocenters. The Hall–Kier alpha value is -1.40. The van der Waals surface area contributed by atoms with Crippen molar-refractivity contribution in [1.29, 1.82) is 0 Å². The van der Waals surface area contributed by atoms with E-state index in [0.29, 0.717) is 34.3 Å². The number of nitrogens with zero attached hydrogens (tertiary/aromatic N) is 3. The summed E-state index contributed by atoms with van der Waals surface area (Å²) in [7, 11) is -4.32. The van der Waals surface area contributed by atoms with Gasteiger partial charge in [0.15, 0.2) is 0 Å². The highest BCUT2D eigenvalue weighted by molar-refractivity contribution is 6.93. The lowest BCUT2D eigenvalue weighted by Crippen LogP contribution is -2.48. The Morgan fingerprint density at radius 3 is 1.94 bits per heavy atom. The maximum Gasteiger partial charge on any atom is 0.276 e. The Kier molecular flexibility index (Phi) is 11.1. The molecule has 0 aliphatic heterocycles. The smallest absolute Gasteiger partial charge is 0.276 e. The molecule has 0 unspecified atom stereocenters. The molecule has 1 aromatic carbocycles. The lowest BCUT2D eigenvalue weighted by atomic mass is 10.2. The average Bonchev–Trinajstić information content (AvgIpc) is 3.23. The van der Waals surface area contributed by atoms with E-state index in [4.69, 9.17) is 16.0 Å². The number of benzene rings is 1. The van der Waals surface area contributed by atoms with Crippen LogP contribution in [0.5, 0.6) is 0 Å². The van der Waals surface area contributed by atoms with E-state index < -0.39 is 16.4 Å². The van der Waals surface area contributed by atoms with Crippen LogP contribution in [-0.2, 0) is 11.0 Å². The first kappa shape index (κ1) is 30.8. The lowest BCUT2D eigenvalue weighted by Gasteiger charge is -2.40. The summed E-state index contributed by atoms with van der Waals surface area (Å²) >= 11 is 6.17. The molecule has 0 aliphatic rings. The molecular formula is C29H48ClN3OSi2. The fraction of sp³-hybridized carbons (Fsp3) is 0.655. The third kappa shape index (κ3) is 6.72. The summed E-state index contributed by atoms with van der Waals surface area (Å²) in [5, 5.41) is 9.69. The fourth-order valence-electron chi connectivity index (χ4n) is 5.84. The summed E-state index contributed by atoms with van der Waals surface area (Å²) in [6, 6.07) is 7.87. The molecule has 1 aromatic heterocycles. The van der Waals surface area contributed by atoms with Gasteiger partial charge in [-0.1, -0.05) is 105 Å². The second kappa shape index (κ2) is 12.9. The first-order valence-electron chi connectivity index (χ1n) is 13.7. The molecule has 7 heteroatoms. The van der Waals surface area contributed by atoms with Gasteiger partial charge < -0.3 is 4.43 Å². The molecule has 1 heterocycles. The number of hydrogen-bond acceptors (Lipinski definition) is 3. The average molecular weight is 546 g/mol. The second-order valence-corrected chi connectivity index (χ2v) is 22.1. The fourth-order valence-corrected chi connectivity index (χ4v) is 15.8. The van der Waals surface area contributed by atoms with Gasteiger partial charge in [0.2, 0.25) is 0 Å². The highest BCUT2D eigenvalue weighted by atomic mass is 35.5. The van der Waals surface area contributed by atoms with Gasteiger partial charge in [-0.05, 0) is 51.8 Å². The van der Waals surface area contributed by atoms with Crippen molar-refractivity contribution in [1.82, 2.24) is 15.0 Å². The van der Waals surface area contributed by atoms with Crippen molar-refractivity contribution in [3.8, 4) is 11.1 Å². The van der Waals surface area contributed by atoms with Gasteiger partial charge in [0, 0.05) is 5.02 Å². The third-order valence-corrected chi connectivity index (χ3v) is 19.3. The van der Waals surface area contributed by atoms with Crippen LogP contribution in [0.25, 0.3) is 0 Å². The van der Waals surface area contributed by atoms with E-state index in [9.17, 15) is 0 Å². The molecular weight excluding hydrogens is 498 g/mol. The van der Waals surface area contributed by atoms with Gasteiger partial charge in [0.25, 0.3) is 8.32 Å². The first-order valence-corrected chi connectivity index (χ1v) is 18.3. The summed E-state index contributed by atoms with van der Waals surface area (Å²) in [4.78, 5) is 0. The van der Waals surface area contributed by atoms with Crippen LogP contribution in [0.15, 0.2) is 30.5 Å². The van der Waals surface area contributed by atoms with Crippen molar-refractivity contribution in [2.45, 2.75) is 123 Å². The van der Waals surface area contributed by atoms with E-state index in [1.54, 1.807) is 0 Å². The quantitative estimate of drug-likeness (QED) is 0.209. The van der Waals surface area contributed by atoms with Crippen LogP contribution in [0, 0.1) is 11.1 Å². The molecule has 2 aromatic rings. The number of halogens is 1. The second-order valence-electron chi connectivity index (χ2n) is 11.7. The Morgan fingerprint density at radius 2 is 1.47 bits per heavy atom. The van der Waals surface area contributed by atoms with Crippen molar-refractivity contribution in [3.63, 3.8) is 0 Å². The Morgan fingerprint density at radius 1 is 0.889 bits per heavy atom. The van der Waals surface area contributed by atoms with Gasteiger partial charge in [-0.25, -0.2) is 4.68 Å². The van der Waals surface area contributed by atoms with E-state index in [-0.39, 0.29) is 6.10 Å². The third-order valence-electron chi connectivity index (χ3n) is 7.88. The molecule has 0 bridgehead atoms. The van der Waals surface area contributed by atoms with Crippen molar-refractivity contribution in [2.24, 2.45) is 0 Å². The van der Waals surface area contributed by atoms with Crippen LogP contribution in [0.3, 0.4) is 0 Å². The largest absolute Gasteiger partial charge is 0.396 e. The number of rotatable bonds is 11. The highest BCUT2D eigenvalue weighted by Crippen LogP contribution is 2.43. The molecule has 0 aliphatic carbocycles. The van der Waals surface area contributed by atoms with Crippen LogP contribution in [0.1, 0.15) is 99.9 Å². The zero-order valence-electron chi connectivity index (χ0n) is 24.4. The van der Waals surface area contributed by atoms with Crippen LogP contribution in [0.4, 0.5) is 0 Å². The van der Waals surface area contributed by atoms with Crippen molar-refractivity contribution in [3.05, 3.63) is 46.7 Å². The highest BCUT2D eigenvalue weighted by Gasteiger charge is 2.46. The predicted molar refractivity (Wildman–Crippen MR) is 159 cm³/mol. The van der Waals surface area contributed by atoms with Crippen LogP contribution in [0.2, 0.25) is 32.7 Å². The van der Waals surface area contributed by atoms with Crippen LogP contribution < -0.4 is 0 Å². The first-order chi connectivity index (χ1) is 16.8. The number of aromatic nitrogens is 3. The number of hydrogen-bond donors (Lipinski definition) is 0. The molecule has 0 N–H and O–H groups in total. The molecule has 0 spiro atoms. The van der Waals surface area contributed by atoms with Gasteiger partial charge in [0.05, 0.1) is 18.8 Å². The van der Waals surface area contributed by atoms with Gasteiger partial charge in [0.1, 0.15) is 13.8 Å². The molecule has 0 radical (unpaired) electrons. The summed E-state index contributed by atoms with van der Waals surface area (Å²) in [5.74, 6) is 0. The molecule has 0 amide bonds. The summed E-state index contributed by atoms with van der Waals surface area (Å²) < 4.78 is 9.04. The monoisotopic (exact) mass is 545 g/mol. The minimum absolute atomic E-state index is 0.114. The molecule has 2 rings (SSSR count). The molecule has 0 fully saturated rings. The SMILES string of the molecule is CC[C@@H](O[Si](C#C[Si](C(C)C)(C(C)C)C(C)C)(C(C)C)C(C)C)c1cn(Cc2cccc(Cl)c2)nn1. The summed E-state index contributed by atoms with van der Waals surface area (Å²) in [6.45, 7) is 26.3. The maximum atomic E-state index is 7.16. The zero-order chi connectivity index (χ0) is 27.3. The van der Waals surface area contributed by atoms with Gasteiger partial charge >= 0.3 is 0 Å². The Labute approximate surface area is 227 Å². The van der Waals surface area contributed by atoms with Gasteiger partial charge in [-0.15, -0.1) is 16.2 Å². The molecule has 0 saturated heterocycles. The van der Waals surface area contributed by atoms with E-state index in [1.165, 1.54) is 0 Å². The molecule has 36 heavy (non-hydrogen) atoms. The van der Waals surface area contributed by atoms with E-state index in [1.807, 2.05) is 29.1 Å². The molecule has 4 nitrogen and oxygen atoms in total. The Balaban J connectivity index is 2.46. The van der Waals surface area contributed by atoms with Crippen molar-refractivity contribution >= 4 is 28.0 Å². The van der Waals surface area contributed by atoms with Crippen molar-refractivity contribution in [2.75, 3.05) is 0 Å². The minimum Gasteiger partial charge on any atom is -0.396 e. The minimum atomic E-state index is -2.46. The molecule has 0 saturated carbocycles. The van der Waals surface area contributed by atoms with Crippen molar-refractivity contribution < 1.29 is 4.43 Å². The van der Waals surface area contributed by atoms with Gasteiger partial charge in [-0.3, -0.25) is 0 Å². The van der Waals surface area contributed by atoms with E-state index in [0.717, 1.165) is 22.7 Å². The standard InChI is InChI=1S/C29H48ClN3OSi2/c1-12-29(28-20-33(32-31-28)19-26-14-13-15-27(30)18-26)34-36(24(8)9,25(10)11)17-16-35(21(2)3,22(4)5)23(6)7/h13-15,18,20-25,29H,12,19H2,1-11H3/t29-/m1/s1. The van der Waals surface area contributed by atoms with E-state index >= 15 is 0 Å². The van der Waals surface area contributed by atoms with E-state index in [2.05, 4.69) is 104 Å². The van der Waals surface area contributed by atoms with Crippen LogP contribution >= 0.6 is 11.6 Å².